The zero-order chi connectivity index (χ0) is 16.7. The first-order valence-electron chi connectivity index (χ1n) is 8.47. The number of rotatable bonds is 8. The second-order valence-electron chi connectivity index (χ2n) is 6.19. The number of hydrogen-bond acceptors (Lipinski definition) is 4. The lowest BCUT2D eigenvalue weighted by molar-refractivity contribution is -0.125. The highest BCUT2D eigenvalue weighted by Crippen LogP contribution is 2.26. The fraction of sp³-hybridized carbons (Fsp3) is 0.611. The maximum Gasteiger partial charge on any atom is 0.246 e. The zero-order valence-electron chi connectivity index (χ0n) is 14.5. The summed E-state index contributed by atoms with van der Waals surface area (Å²) in [5, 5.41) is 3.01. The molecule has 0 radical (unpaired) electrons. The van der Waals surface area contributed by atoms with Gasteiger partial charge in [0.15, 0.2) is 0 Å². The Hall–Kier alpha value is -1.59. The molecular formula is C18H29N3O2. The molecule has 1 atom stereocenters. The number of hydrogen-bond donors (Lipinski definition) is 1. The van der Waals surface area contributed by atoms with Gasteiger partial charge in [0.2, 0.25) is 5.91 Å². The average Bonchev–Trinajstić information content (AvgIpc) is 3.08. The number of anilines is 1. The summed E-state index contributed by atoms with van der Waals surface area (Å²) in [6, 6.07) is 8.86. The predicted octanol–water partition coefficient (Wildman–Crippen LogP) is 2.04. The summed E-state index contributed by atoms with van der Waals surface area (Å²) in [6.45, 7) is 5.43. The van der Waals surface area contributed by atoms with Crippen LogP contribution in [0, 0.1) is 0 Å². The minimum absolute atomic E-state index is 0.0408. The molecule has 0 aliphatic carbocycles. The van der Waals surface area contributed by atoms with Gasteiger partial charge < -0.3 is 15.0 Å². The first-order valence-corrected chi connectivity index (χ1v) is 8.47. The standard InChI is InChI=1S/C18H29N3O2/c1-4-23-14-18(22)19-13-17(21-11-5-6-12-21)15-7-9-16(10-8-15)20(2)3/h7-10,17H,4-6,11-14H2,1-3H3,(H,19,22)/t17-/m0/s1. The second kappa shape index (κ2) is 8.89. The van der Waals surface area contributed by atoms with Gasteiger partial charge in [-0.1, -0.05) is 12.1 Å². The molecule has 1 amide bonds. The molecule has 1 saturated heterocycles. The third-order valence-corrected chi connectivity index (χ3v) is 4.31. The Morgan fingerprint density at radius 2 is 1.91 bits per heavy atom. The number of carbonyl (C=O) groups excluding carboxylic acids is 1. The molecular weight excluding hydrogens is 290 g/mol. The quantitative estimate of drug-likeness (QED) is 0.796. The maximum absolute atomic E-state index is 11.8. The fourth-order valence-electron chi connectivity index (χ4n) is 2.96. The van der Waals surface area contributed by atoms with Gasteiger partial charge in [-0.25, -0.2) is 0 Å². The number of amides is 1. The molecule has 5 nitrogen and oxygen atoms in total. The van der Waals surface area contributed by atoms with Crippen molar-refractivity contribution < 1.29 is 9.53 Å². The molecule has 1 aliphatic heterocycles. The van der Waals surface area contributed by atoms with Gasteiger partial charge in [-0.3, -0.25) is 9.69 Å². The lowest BCUT2D eigenvalue weighted by Crippen LogP contribution is -2.38. The first-order chi connectivity index (χ1) is 11.1. The van der Waals surface area contributed by atoms with Crippen molar-refractivity contribution in [2.24, 2.45) is 0 Å². The van der Waals surface area contributed by atoms with E-state index in [9.17, 15) is 4.79 Å². The van der Waals surface area contributed by atoms with E-state index in [0.29, 0.717) is 13.2 Å². The Morgan fingerprint density at radius 1 is 1.26 bits per heavy atom. The van der Waals surface area contributed by atoms with Gasteiger partial charge in [-0.15, -0.1) is 0 Å². The van der Waals surface area contributed by atoms with Crippen LogP contribution < -0.4 is 10.2 Å². The summed E-state index contributed by atoms with van der Waals surface area (Å²) in [4.78, 5) is 16.4. The number of ether oxygens (including phenoxy) is 1. The Kier molecular flexibility index (Phi) is 6.86. The normalized spacial score (nSPS) is 16.3. The molecule has 1 N–H and O–H groups in total. The van der Waals surface area contributed by atoms with E-state index < -0.39 is 0 Å². The van der Waals surface area contributed by atoms with Gasteiger partial charge in [0.1, 0.15) is 6.61 Å². The molecule has 0 spiro atoms. The molecule has 1 aromatic rings. The summed E-state index contributed by atoms with van der Waals surface area (Å²) >= 11 is 0. The monoisotopic (exact) mass is 319 g/mol. The first kappa shape index (κ1) is 17.8. The Balaban J connectivity index is 2.03. The van der Waals surface area contributed by atoms with E-state index in [1.165, 1.54) is 24.1 Å². The van der Waals surface area contributed by atoms with Crippen LogP contribution in [-0.4, -0.2) is 57.8 Å². The third-order valence-electron chi connectivity index (χ3n) is 4.31. The third kappa shape index (κ3) is 5.22. The highest BCUT2D eigenvalue weighted by molar-refractivity contribution is 5.77. The van der Waals surface area contributed by atoms with Crippen LogP contribution in [0.4, 0.5) is 5.69 Å². The van der Waals surface area contributed by atoms with Crippen LogP contribution in [0.25, 0.3) is 0 Å². The molecule has 2 rings (SSSR count). The molecule has 0 saturated carbocycles. The van der Waals surface area contributed by atoms with Crippen LogP contribution in [-0.2, 0) is 9.53 Å². The van der Waals surface area contributed by atoms with Crippen LogP contribution in [0.2, 0.25) is 0 Å². The minimum atomic E-state index is -0.0408. The van der Waals surface area contributed by atoms with Crippen molar-refractivity contribution in [1.29, 1.82) is 0 Å². The molecule has 23 heavy (non-hydrogen) atoms. The molecule has 5 heteroatoms. The van der Waals surface area contributed by atoms with Crippen molar-refractivity contribution in [1.82, 2.24) is 10.2 Å². The van der Waals surface area contributed by atoms with Crippen molar-refractivity contribution in [3.63, 3.8) is 0 Å². The largest absolute Gasteiger partial charge is 0.378 e. The maximum atomic E-state index is 11.8. The average molecular weight is 319 g/mol. The topological polar surface area (TPSA) is 44.8 Å². The molecule has 1 heterocycles. The van der Waals surface area contributed by atoms with Crippen LogP contribution in [0.15, 0.2) is 24.3 Å². The van der Waals surface area contributed by atoms with Gasteiger partial charge in [-0.2, -0.15) is 0 Å². The van der Waals surface area contributed by atoms with Gasteiger partial charge in [0.25, 0.3) is 0 Å². The number of nitrogens with zero attached hydrogens (tertiary/aromatic N) is 2. The second-order valence-corrected chi connectivity index (χ2v) is 6.19. The predicted molar refractivity (Wildman–Crippen MR) is 93.8 cm³/mol. The van der Waals surface area contributed by atoms with Gasteiger partial charge in [0, 0.05) is 32.9 Å². The molecule has 0 bridgehead atoms. The number of carbonyl (C=O) groups is 1. The van der Waals surface area contributed by atoms with Crippen molar-refractivity contribution in [2.75, 3.05) is 51.8 Å². The highest BCUT2D eigenvalue weighted by atomic mass is 16.5. The van der Waals surface area contributed by atoms with E-state index in [1.54, 1.807) is 0 Å². The van der Waals surface area contributed by atoms with Crippen LogP contribution in [0.3, 0.4) is 0 Å². The van der Waals surface area contributed by atoms with Crippen LogP contribution in [0.1, 0.15) is 31.4 Å². The van der Waals surface area contributed by atoms with Crippen molar-refractivity contribution in [3.8, 4) is 0 Å². The Morgan fingerprint density at radius 3 is 2.48 bits per heavy atom. The van der Waals surface area contributed by atoms with Gasteiger partial charge >= 0.3 is 0 Å². The van der Waals surface area contributed by atoms with Gasteiger partial charge in [0.05, 0.1) is 6.04 Å². The molecule has 1 fully saturated rings. The van der Waals surface area contributed by atoms with E-state index >= 15 is 0 Å². The lowest BCUT2D eigenvalue weighted by atomic mass is 10.0. The lowest BCUT2D eigenvalue weighted by Gasteiger charge is -2.28. The molecule has 1 aliphatic rings. The number of nitrogens with one attached hydrogen (secondary N) is 1. The summed E-state index contributed by atoms with van der Waals surface area (Å²) in [5.74, 6) is -0.0408. The van der Waals surface area contributed by atoms with E-state index in [4.69, 9.17) is 4.74 Å². The van der Waals surface area contributed by atoms with Crippen LogP contribution >= 0.6 is 0 Å². The van der Waals surface area contributed by atoms with Crippen molar-refractivity contribution in [3.05, 3.63) is 29.8 Å². The summed E-state index contributed by atoms with van der Waals surface area (Å²) < 4.78 is 5.17. The zero-order valence-corrected chi connectivity index (χ0v) is 14.5. The van der Waals surface area contributed by atoms with Gasteiger partial charge in [-0.05, 0) is 50.6 Å². The number of likely N-dealkylation sites (tertiary alicyclic amines) is 1. The summed E-state index contributed by atoms with van der Waals surface area (Å²) in [6.07, 6.45) is 2.47. The van der Waals surface area contributed by atoms with E-state index in [-0.39, 0.29) is 18.6 Å². The minimum Gasteiger partial charge on any atom is -0.378 e. The van der Waals surface area contributed by atoms with Crippen LogP contribution in [0.5, 0.6) is 0 Å². The van der Waals surface area contributed by atoms with E-state index in [2.05, 4.69) is 39.4 Å². The summed E-state index contributed by atoms with van der Waals surface area (Å²) in [7, 11) is 4.09. The number of benzene rings is 1. The Bertz CT molecular complexity index is 482. The smallest absolute Gasteiger partial charge is 0.246 e. The van der Waals surface area contributed by atoms with E-state index in [1.807, 2.05) is 21.0 Å². The van der Waals surface area contributed by atoms with Crippen molar-refractivity contribution >= 4 is 11.6 Å². The molecule has 0 aromatic heterocycles. The van der Waals surface area contributed by atoms with E-state index in [0.717, 1.165) is 13.1 Å². The van der Waals surface area contributed by atoms with Crippen molar-refractivity contribution in [2.45, 2.75) is 25.8 Å². The SMILES string of the molecule is CCOCC(=O)NC[C@@H](c1ccc(N(C)C)cc1)N1CCCC1. The fourth-order valence-corrected chi connectivity index (χ4v) is 2.96. The Labute approximate surface area is 139 Å². The molecule has 0 unspecified atom stereocenters. The molecule has 1 aromatic carbocycles. The highest BCUT2D eigenvalue weighted by Gasteiger charge is 2.24. The summed E-state index contributed by atoms with van der Waals surface area (Å²) in [5.41, 5.74) is 2.45. The molecule has 128 valence electrons.